The molecule has 0 aliphatic rings. The van der Waals surface area contributed by atoms with Gasteiger partial charge in [0.05, 0.1) is 5.69 Å². The molecule has 0 fully saturated rings. The molecule has 0 spiro atoms. The number of aryl methyl sites for hydroxylation is 1. The van der Waals surface area contributed by atoms with Crippen LogP contribution in [0.1, 0.15) is 15.2 Å². The maximum Gasteiger partial charge on any atom is 0.150 e. The topological polar surface area (TPSA) is 42.9 Å². The van der Waals surface area contributed by atoms with E-state index in [-0.39, 0.29) is 0 Å². The van der Waals surface area contributed by atoms with Gasteiger partial charge in [0.1, 0.15) is 11.3 Å². The highest BCUT2D eigenvalue weighted by atomic mass is 32.1. The van der Waals surface area contributed by atoms with E-state index in [0.29, 0.717) is 5.56 Å². The van der Waals surface area contributed by atoms with Crippen molar-refractivity contribution in [1.82, 2.24) is 9.97 Å². The van der Waals surface area contributed by atoms with Gasteiger partial charge in [-0.05, 0) is 19.1 Å². The highest BCUT2D eigenvalue weighted by molar-refractivity contribution is 7.14. The Morgan fingerprint density at radius 1 is 1.43 bits per heavy atom. The molecule has 4 heteroatoms. The minimum Gasteiger partial charge on any atom is -0.298 e. The predicted molar refractivity (Wildman–Crippen MR) is 55.5 cm³/mol. The van der Waals surface area contributed by atoms with E-state index in [9.17, 15) is 4.79 Å². The molecule has 3 nitrogen and oxygen atoms in total. The third-order valence-corrected chi connectivity index (χ3v) is 2.70. The van der Waals surface area contributed by atoms with Crippen molar-refractivity contribution in [1.29, 1.82) is 0 Å². The van der Waals surface area contributed by atoms with Crippen LogP contribution >= 0.6 is 11.3 Å². The molecule has 2 rings (SSSR count). The van der Waals surface area contributed by atoms with Crippen molar-refractivity contribution in [3.05, 3.63) is 35.0 Å². The number of nitrogens with zero attached hydrogens (tertiary/aromatic N) is 2. The summed E-state index contributed by atoms with van der Waals surface area (Å²) in [5, 5.41) is 0.853. The Morgan fingerprint density at radius 2 is 2.29 bits per heavy atom. The van der Waals surface area contributed by atoms with E-state index in [2.05, 4.69) is 9.97 Å². The summed E-state index contributed by atoms with van der Waals surface area (Å²) in [5.41, 5.74) is 1.38. The van der Waals surface area contributed by atoms with Gasteiger partial charge in [0.15, 0.2) is 0 Å². The largest absolute Gasteiger partial charge is 0.298 e. The number of hydrogen-bond donors (Lipinski definition) is 0. The smallest absolute Gasteiger partial charge is 0.150 e. The third kappa shape index (κ3) is 1.70. The Morgan fingerprint density at radius 3 is 2.93 bits per heavy atom. The quantitative estimate of drug-likeness (QED) is 0.705. The lowest BCUT2D eigenvalue weighted by Gasteiger charge is -1.94. The fourth-order valence-electron chi connectivity index (χ4n) is 1.11. The molecular weight excluding hydrogens is 196 g/mol. The number of aldehydes is 1. The standard InChI is InChI=1S/C10H8N2OS/c1-7-5-12-10(14-7)9-4-8(6-13)2-3-11-9/h2-6H,1H3. The van der Waals surface area contributed by atoms with Crippen molar-refractivity contribution in [3.8, 4) is 10.7 Å². The molecule has 0 N–H and O–H groups in total. The van der Waals surface area contributed by atoms with Gasteiger partial charge in [-0.25, -0.2) is 4.98 Å². The first-order chi connectivity index (χ1) is 6.79. The zero-order valence-corrected chi connectivity index (χ0v) is 8.41. The molecule has 0 saturated heterocycles. The molecule has 70 valence electrons. The van der Waals surface area contributed by atoms with Crippen LogP contribution in [0.2, 0.25) is 0 Å². The van der Waals surface area contributed by atoms with Gasteiger partial charge >= 0.3 is 0 Å². The lowest BCUT2D eigenvalue weighted by molar-refractivity contribution is 0.112. The van der Waals surface area contributed by atoms with Crippen molar-refractivity contribution >= 4 is 17.6 Å². The number of aromatic nitrogens is 2. The van der Waals surface area contributed by atoms with Crippen LogP contribution < -0.4 is 0 Å². The van der Waals surface area contributed by atoms with E-state index in [1.807, 2.05) is 6.92 Å². The monoisotopic (exact) mass is 204 g/mol. The summed E-state index contributed by atoms with van der Waals surface area (Å²) >= 11 is 1.57. The van der Waals surface area contributed by atoms with Crippen molar-refractivity contribution in [3.63, 3.8) is 0 Å². The number of pyridine rings is 1. The summed E-state index contributed by atoms with van der Waals surface area (Å²) in [5.74, 6) is 0. The van der Waals surface area contributed by atoms with Crippen LogP contribution in [-0.2, 0) is 0 Å². The van der Waals surface area contributed by atoms with Crippen molar-refractivity contribution < 1.29 is 4.79 Å². The number of rotatable bonds is 2. The first kappa shape index (κ1) is 9.02. The lowest BCUT2D eigenvalue weighted by Crippen LogP contribution is -1.85. The van der Waals surface area contributed by atoms with Gasteiger partial charge < -0.3 is 0 Å². The zero-order valence-electron chi connectivity index (χ0n) is 7.60. The van der Waals surface area contributed by atoms with E-state index >= 15 is 0 Å². The second-order valence-electron chi connectivity index (χ2n) is 2.87. The molecule has 0 aliphatic heterocycles. The maximum atomic E-state index is 10.6. The molecule has 0 bridgehead atoms. The second kappa shape index (κ2) is 3.67. The average molecular weight is 204 g/mol. The van der Waals surface area contributed by atoms with Crippen LogP contribution in [0.25, 0.3) is 10.7 Å². The first-order valence-corrected chi connectivity index (χ1v) is 4.95. The molecule has 0 amide bonds. The van der Waals surface area contributed by atoms with Gasteiger partial charge in [-0.1, -0.05) is 0 Å². The van der Waals surface area contributed by atoms with Gasteiger partial charge in [-0.2, -0.15) is 0 Å². The fourth-order valence-corrected chi connectivity index (χ4v) is 1.84. The molecule has 0 radical (unpaired) electrons. The van der Waals surface area contributed by atoms with Crippen LogP contribution in [0.4, 0.5) is 0 Å². The van der Waals surface area contributed by atoms with Crippen molar-refractivity contribution in [2.75, 3.05) is 0 Å². The molecule has 0 aromatic carbocycles. The van der Waals surface area contributed by atoms with Gasteiger partial charge in [-0.3, -0.25) is 9.78 Å². The summed E-state index contributed by atoms with van der Waals surface area (Å²) in [7, 11) is 0. The number of carbonyl (C=O) groups is 1. The average Bonchev–Trinajstić information content (AvgIpc) is 2.65. The highest BCUT2D eigenvalue weighted by Gasteiger charge is 2.04. The normalized spacial score (nSPS) is 10.1. The molecule has 2 heterocycles. The van der Waals surface area contributed by atoms with E-state index in [4.69, 9.17) is 0 Å². The van der Waals surface area contributed by atoms with Crippen LogP contribution in [-0.4, -0.2) is 16.3 Å². The third-order valence-electron chi connectivity index (χ3n) is 1.76. The lowest BCUT2D eigenvalue weighted by atomic mass is 10.2. The predicted octanol–water partition coefficient (Wildman–Crippen LogP) is 2.33. The van der Waals surface area contributed by atoms with E-state index in [0.717, 1.165) is 21.9 Å². The maximum absolute atomic E-state index is 10.6. The second-order valence-corrected chi connectivity index (χ2v) is 4.10. The Balaban J connectivity index is 2.46. The summed E-state index contributed by atoms with van der Waals surface area (Å²) in [6, 6.07) is 3.42. The molecule has 0 atom stereocenters. The summed E-state index contributed by atoms with van der Waals surface area (Å²) in [6.07, 6.45) is 4.23. The summed E-state index contributed by atoms with van der Waals surface area (Å²) < 4.78 is 0. The van der Waals surface area contributed by atoms with Crippen molar-refractivity contribution in [2.45, 2.75) is 6.92 Å². The number of carbonyl (C=O) groups excluding carboxylic acids is 1. The van der Waals surface area contributed by atoms with Crippen molar-refractivity contribution in [2.24, 2.45) is 0 Å². The number of thiazole rings is 1. The molecule has 14 heavy (non-hydrogen) atoms. The van der Waals surface area contributed by atoms with E-state index in [1.165, 1.54) is 0 Å². The molecule has 0 aliphatic carbocycles. The molecular formula is C10H8N2OS. The zero-order chi connectivity index (χ0) is 9.97. The fraction of sp³-hybridized carbons (Fsp3) is 0.100. The van der Waals surface area contributed by atoms with Crippen LogP contribution in [0.15, 0.2) is 24.5 Å². The Labute approximate surface area is 85.5 Å². The summed E-state index contributed by atoms with van der Waals surface area (Å²) in [4.78, 5) is 20.0. The van der Waals surface area contributed by atoms with Crippen LogP contribution in [0.5, 0.6) is 0 Å². The van der Waals surface area contributed by atoms with Crippen LogP contribution in [0.3, 0.4) is 0 Å². The Kier molecular flexibility index (Phi) is 2.37. The first-order valence-electron chi connectivity index (χ1n) is 4.13. The van der Waals surface area contributed by atoms with Gasteiger partial charge in [0, 0.05) is 22.8 Å². The van der Waals surface area contributed by atoms with Crippen LogP contribution in [0, 0.1) is 6.92 Å². The number of hydrogen-bond acceptors (Lipinski definition) is 4. The minimum absolute atomic E-state index is 0.628. The molecule has 0 unspecified atom stereocenters. The molecule has 0 saturated carbocycles. The van der Waals surface area contributed by atoms with Gasteiger partial charge in [0.25, 0.3) is 0 Å². The molecule has 2 aromatic rings. The van der Waals surface area contributed by atoms with Gasteiger partial charge in [0.2, 0.25) is 0 Å². The van der Waals surface area contributed by atoms with E-state index < -0.39 is 0 Å². The van der Waals surface area contributed by atoms with Gasteiger partial charge in [-0.15, -0.1) is 11.3 Å². The Hall–Kier alpha value is -1.55. The summed E-state index contributed by atoms with van der Waals surface area (Å²) in [6.45, 7) is 1.99. The highest BCUT2D eigenvalue weighted by Crippen LogP contribution is 2.22. The SMILES string of the molecule is Cc1cnc(-c2cc(C=O)ccn2)s1. The van der Waals surface area contributed by atoms with E-state index in [1.54, 1.807) is 35.9 Å². The Bertz CT molecular complexity index is 465. The minimum atomic E-state index is 0.628. The molecule has 2 aromatic heterocycles.